The normalized spacial score (nSPS) is 19.3. The predicted octanol–water partition coefficient (Wildman–Crippen LogP) is 2.69. The van der Waals surface area contributed by atoms with Gasteiger partial charge in [0.1, 0.15) is 6.61 Å². The number of alkyl halides is 6. The Labute approximate surface area is 165 Å². The number of hydrazine groups is 2. The van der Waals surface area contributed by atoms with Crippen molar-refractivity contribution in [1.29, 1.82) is 0 Å². The molecular formula is C18H14F6N4O2. The van der Waals surface area contributed by atoms with Crippen LogP contribution in [0.3, 0.4) is 0 Å². The van der Waals surface area contributed by atoms with Crippen molar-refractivity contribution in [2.45, 2.75) is 30.3 Å². The smallest absolute Gasteiger partial charge is 0.426 e. The maximum Gasteiger partial charge on any atom is 0.426 e. The van der Waals surface area contributed by atoms with Crippen LogP contribution >= 0.6 is 0 Å². The molecule has 12 heteroatoms. The highest BCUT2D eigenvalue weighted by Gasteiger charge is 2.66. The summed E-state index contributed by atoms with van der Waals surface area (Å²) < 4.78 is 83.3. The topological polar surface area (TPSA) is 114 Å². The third kappa shape index (κ3) is 3.41. The highest BCUT2D eigenvalue weighted by Crippen LogP contribution is 2.43. The van der Waals surface area contributed by atoms with Gasteiger partial charge in [-0.3, -0.25) is 0 Å². The van der Waals surface area contributed by atoms with Crippen LogP contribution in [0.25, 0.3) is 0 Å². The number of nitrogens with one attached hydrogen (secondary N) is 4. The largest absolute Gasteiger partial charge is 0.457 e. The monoisotopic (exact) mass is 432 g/mol. The number of ether oxygens (including phenoxy) is 1. The van der Waals surface area contributed by atoms with Crippen LogP contribution in [-0.4, -0.2) is 18.3 Å². The summed E-state index contributed by atoms with van der Waals surface area (Å²) in [6, 6.07) is 9.99. The molecule has 4 N–H and O–H groups in total. The summed E-state index contributed by atoms with van der Waals surface area (Å²) in [5, 5.41) is 0. The second-order valence-corrected chi connectivity index (χ2v) is 6.85. The van der Waals surface area contributed by atoms with E-state index in [1.165, 1.54) is 36.4 Å². The molecular weight excluding hydrogens is 418 g/mol. The van der Waals surface area contributed by atoms with Crippen molar-refractivity contribution in [2.24, 2.45) is 0 Å². The molecule has 0 bridgehead atoms. The first-order valence-electron chi connectivity index (χ1n) is 8.58. The maximum absolute atomic E-state index is 13.0. The summed E-state index contributed by atoms with van der Waals surface area (Å²) in [6.45, 7) is -0.212. The first-order valence-corrected chi connectivity index (χ1v) is 8.58. The molecule has 0 spiro atoms. The van der Waals surface area contributed by atoms with Gasteiger partial charge in [0.15, 0.2) is 0 Å². The lowest BCUT2D eigenvalue weighted by Crippen LogP contribution is -2.34. The zero-order valence-electron chi connectivity index (χ0n) is 14.9. The Kier molecular flexibility index (Phi) is 4.58. The van der Waals surface area contributed by atoms with E-state index in [-0.39, 0.29) is 23.3 Å². The SMILES string of the molecule is O=C(OCc1ccc(C2(C(F)(F)F)NN2)cc1)c1ccc(C2(C(F)(F)F)NN2)cc1. The van der Waals surface area contributed by atoms with Crippen molar-refractivity contribution in [3.05, 3.63) is 70.8 Å². The maximum atomic E-state index is 13.0. The summed E-state index contributed by atoms with van der Waals surface area (Å²) in [7, 11) is 0. The Morgan fingerprint density at radius 1 is 0.733 bits per heavy atom. The van der Waals surface area contributed by atoms with E-state index in [1.54, 1.807) is 0 Å². The van der Waals surface area contributed by atoms with Gasteiger partial charge in [0, 0.05) is 0 Å². The van der Waals surface area contributed by atoms with Gasteiger partial charge in [0.25, 0.3) is 0 Å². The number of halogens is 6. The van der Waals surface area contributed by atoms with E-state index in [4.69, 9.17) is 4.74 Å². The van der Waals surface area contributed by atoms with Crippen molar-refractivity contribution in [2.75, 3.05) is 0 Å². The van der Waals surface area contributed by atoms with E-state index >= 15 is 0 Å². The molecule has 0 atom stereocenters. The summed E-state index contributed by atoms with van der Waals surface area (Å²) in [4.78, 5) is 12.1. The Balaban J connectivity index is 1.37. The van der Waals surface area contributed by atoms with Crippen LogP contribution in [0.15, 0.2) is 48.5 Å². The van der Waals surface area contributed by atoms with E-state index in [9.17, 15) is 31.1 Å². The molecule has 160 valence electrons. The fourth-order valence-corrected chi connectivity index (χ4v) is 2.96. The van der Waals surface area contributed by atoms with Crippen molar-refractivity contribution in [1.82, 2.24) is 21.7 Å². The van der Waals surface area contributed by atoms with Gasteiger partial charge < -0.3 is 4.74 Å². The number of hydrogen-bond donors (Lipinski definition) is 4. The van der Waals surface area contributed by atoms with Crippen LogP contribution in [0.1, 0.15) is 27.0 Å². The molecule has 0 amide bonds. The molecule has 2 aromatic rings. The summed E-state index contributed by atoms with van der Waals surface area (Å²) in [5.74, 6) is -0.777. The fraction of sp³-hybridized carbons (Fsp3) is 0.278. The Hall–Kier alpha value is -2.67. The minimum absolute atomic E-state index is 0.0377. The number of hydrogen-bond acceptors (Lipinski definition) is 6. The number of carbonyl (C=O) groups excluding carboxylic acids is 1. The van der Waals surface area contributed by atoms with Gasteiger partial charge in [0.2, 0.25) is 11.3 Å². The first kappa shape index (κ1) is 20.6. The lowest BCUT2D eigenvalue weighted by atomic mass is 10.0. The molecule has 2 heterocycles. The van der Waals surface area contributed by atoms with Crippen LogP contribution in [0.5, 0.6) is 0 Å². The fourth-order valence-electron chi connectivity index (χ4n) is 2.96. The Morgan fingerprint density at radius 2 is 1.13 bits per heavy atom. The molecule has 30 heavy (non-hydrogen) atoms. The lowest BCUT2D eigenvalue weighted by molar-refractivity contribution is -0.166. The van der Waals surface area contributed by atoms with Crippen LogP contribution < -0.4 is 21.7 Å². The molecule has 2 saturated heterocycles. The molecule has 6 nitrogen and oxygen atoms in total. The van der Waals surface area contributed by atoms with Crippen LogP contribution in [0.4, 0.5) is 26.3 Å². The second-order valence-electron chi connectivity index (χ2n) is 6.85. The molecule has 0 saturated carbocycles. The van der Waals surface area contributed by atoms with E-state index in [2.05, 4.69) is 21.7 Å². The third-order valence-corrected chi connectivity index (χ3v) is 4.91. The lowest BCUT2D eigenvalue weighted by Gasteiger charge is -2.16. The third-order valence-electron chi connectivity index (χ3n) is 4.91. The van der Waals surface area contributed by atoms with E-state index in [1.807, 2.05) is 0 Å². The zero-order chi connectivity index (χ0) is 21.8. The number of rotatable bonds is 5. The Bertz CT molecular complexity index is 949. The van der Waals surface area contributed by atoms with Crippen molar-refractivity contribution < 1.29 is 35.9 Å². The summed E-state index contributed by atoms with van der Waals surface area (Å²) >= 11 is 0. The highest BCUT2D eigenvalue weighted by molar-refractivity contribution is 5.89. The molecule has 2 fully saturated rings. The molecule has 0 radical (unpaired) electrons. The molecule has 0 unspecified atom stereocenters. The van der Waals surface area contributed by atoms with Crippen LogP contribution in [-0.2, 0) is 22.7 Å². The minimum atomic E-state index is -4.56. The molecule has 0 aliphatic carbocycles. The first-order chi connectivity index (χ1) is 14.0. The molecule has 2 aliphatic rings. The zero-order valence-corrected chi connectivity index (χ0v) is 14.9. The highest BCUT2D eigenvalue weighted by atomic mass is 19.4. The van der Waals surface area contributed by atoms with Crippen LogP contribution in [0, 0.1) is 0 Å². The molecule has 2 aromatic carbocycles. The van der Waals surface area contributed by atoms with E-state index in [0.29, 0.717) is 5.56 Å². The van der Waals surface area contributed by atoms with Gasteiger partial charge in [0.05, 0.1) is 5.56 Å². The molecule has 0 aromatic heterocycles. The van der Waals surface area contributed by atoms with Crippen molar-refractivity contribution in [3.8, 4) is 0 Å². The van der Waals surface area contributed by atoms with Gasteiger partial charge in [-0.15, -0.1) is 0 Å². The number of esters is 1. The standard InChI is InChI=1S/C18H14F6N4O2/c19-17(20,21)15(25-26-15)12-5-1-10(2-6-12)9-30-14(29)11-3-7-13(8-4-11)16(27-28-16)18(22,23)24/h1-8,25-28H,9H2. The van der Waals surface area contributed by atoms with Gasteiger partial charge >= 0.3 is 18.3 Å². The van der Waals surface area contributed by atoms with Gasteiger partial charge in [-0.1, -0.05) is 36.4 Å². The number of carbonyl (C=O) groups is 1. The van der Waals surface area contributed by atoms with Gasteiger partial charge in [-0.25, -0.2) is 26.5 Å². The number of benzene rings is 2. The van der Waals surface area contributed by atoms with Gasteiger partial charge in [-0.2, -0.15) is 26.3 Å². The van der Waals surface area contributed by atoms with Crippen molar-refractivity contribution in [3.63, 3.8) is 0 Å². The van der Waals surface area contributed by atoms with Crippen LogP contribution in [0.2, 0.25) is 0 Å². The predicted molar refractivity (Wildman–Crippen MR) is 90.0 cm³/mol. The van der Waals surface area contributed by atoms with Gasteiger partial charge in [-0.05, 0) is 28.8 Å². The molecule has 4 rings (SSSR count). The average Bonchev–Trinajstić information content (AvgIpc) is 3.58. The van der Waals surface area contributed by atoms with Crippen molar-refractivity contribution >= 4 is 5.97 Å². The Morgan fingerprint density at radius 3 is 1.50 bits per heavy atom. The van der Waals surface area contributed by atoms with E-state index < -0.39 is 29.6 Å². The second kappa shape index (κ2) is 6.67. The summed E-state index contributed by atoms with van der Waals surface area (Å²) in [5.41, 5.74) is 4.02. The minimum Gasteiger partial charge on any atom is -0.457 e. The summed E-state index contributed by atoms with van der Waals surface area (Å²) in [6.07, 6.45) is -9.08. The van der Waals surface area contributed by atoms with E-state index in [0.717, 1.165) is 12.1 Å². The average molecular weight is 432 g/mol. The quantitative estimate of drug-likeness (QED) is 0.328. The molecule has 2 aliphatic heterocycles.